The summed E-state index contributed by atoms with van der Waals surface area (Å²) in [5.74, 6) is 0.884. The molecule has 0 spiro atoms. The maximum absolute atomic E-state index is 12.0. The first kappa shape index (κ1) is 16.6. The van der Waals surface area contributed by atoms with Crippen molar-refractivity contribution in [2.45, 2.75) is 6.92 Å². The molecule has 1 aliphatic heterocycles. The van der Waals surface area contributed by atoms with Gasteiger partial charge in [-0.05, 0) is 42.8 Å². The van der Waals surface area contributed by atoms with Crippen molar-refractivity contribution in [3.63, 3.8) is 0 Å². The predicted octanol–water partition coefficient (Wildman–Crippen LogP) is 3.07. The van der Waals surface area contributed by atoms with Crippen molar-refractivity contribution in [2.75, 3.05) is 23.8 Å². The molecule has 2 N–H and O–H groups in total. The fraction of sp³-hybridized carbons (Fsp3) is 0.158. The van der Waals surface area contributed by atoms with E-state index >= 15 is 0 Å². The molecule has 1 heterocycles. The van der Waals surface area contributed by atoms with Gasteiger partial charge in [-0.15, -0.1) is 0 Å². The summed E-state index contributed by atoms with van der Waals surface area (Å²) in [6.45, 7) is 2.52. The molecule has 0 saturated carbocycles. The first-order chi connectivity index (χ1) is 12.1. The van der Waals surface area contributed by atoms with Gasteiger partial charge < -0.3 is 20.1 Å². The lowest BCUT2D eigenvalue weighted by Crippen LogP contribution is -2.25. The van der Waals surface area contributed by atoms with Crippen molar-refractivity contribution in [1.29, 1.82) is 0 Å². The van der Waals surface area contributed by atoms with Crippen LogP contribution in [-0.2, 0) is 9.59 Å². The van der Waals surface area contributed by atoms with E-state index in [2.05, 4.69) is 10.6 Å². The van der Waals surface area contributed by atoms with Crippen LogP contribution >= 0.6 is 0 Å². The zero-order valence-electron chi connectivity index (χ0n) is 13.7. The topological polar surface area (TPSA) is 76.7 Å². The lowest BCUT2D eigenvalue weighted by atomic mass is 10.2. The normalized spacial score (nSPS) is 12.9. The number of hydrogen-bond acceptors (Lipinski definition) is 4. The summed E-state index contributed by atoms with van der Waals surface area (Å²) in [4.78, 5) is 23.3. The molecule has 2 aromatic carbocycles. The number of nitrogens with one attached hydrogen (secondary N) is 2. The fourth-order valence-corrected chi connectivity index (χ4v) is 2.35. The largest absolute Gasteiger partial charge is 0.494 e. The molecule has 128 valence electrons. The van der Waals surface area contributed by atoms with Crippen molar-refractivity contribution in [2.24, 2.45) is 0 Å². The van der Waals surface area contributed by atoms with Gasteiger partial charge in [-0.3, -0.25) is 9.59 Å². The van der Waals surface area contributed by atoms with E-state index in [1.54, 1.807) is 24.3 Å². The molecule has 0 bridgehead atoms. The first-order valence-corrected chi connectivity index (χ1v) is 7.92. The number of hydrogen-bond donors (Lipinski definition) is 2. The second-order valence-corrected chi connectivity index (χ2v) is 5.37. The van der Waals surface area contributed by atoms with Crippen LogP contribution in [0.3, 0.4) is 0 Å². The highest BCUT2D eigenvalue weighted by atomic mass is 16.5. The van der Waals surface area contributed by atoms with Crippen molar-refractivity contribution in [3.8, 4) is 11.5 Å². The van der Waals surface area contributed by atoms with Gasteiger partial charge in [0, 0.05) is 17.8 Å². The van der Waals surface area contributed by atoms with Crippen molar-refractivity contribution in [3.05, 3.63) is 54.1 Å². The van der Waals surface area contributed by atoms with Gasteiger partial charge in [-0.25, -0.2) is 0 Å². The average Bonchev–Trinajstić information content (AvgIpc) is 2.61. The number of amides is 2. The average molecular weight is 338 g/mol. The summed E-state index contributed by atoms with van der Waals surface area (Å²) >= 11 is 0. The standard InChI is InChI=1S/C19H18N2O4/c1-2-24-15-7-3-13(4-8-15)5-10-18(22)20-14-6-9-16-17(11-14)25-12-19(23)21-16/h3-11H,2,12H2,1H3,(H,20,22)(H,21,23)/b10-5+. The molecule has 0 fully saturated rings. The maximum atomic E-state index is 12.0. The third kappa shape index (κ3) is 4.38. The molecule has 2 amide bonds. The molecule has 0 aliphatic carbocycles. The highest BCUT2D eigenvalue weighted by molar-refractivity contribution is 6.02. The van der Waals surface area contributed by atoms with Crippen LogP contribution in [0.4, 0.5) is 11.4 Å². The molecule has 2 aromatic rings. The Kier molecular flexibility index (Phi) is 4.99. The zero-order chi connectivity index (χ0) is 17.6. The van der Waals surface area contributed by atoms with Gasteiger partial charge in [0.15, 0.2) is 6.61 Å². The number of fused-ring (bicyclic) bond motifs is 1. The second-order valence-electron chi connectivity index (χ2n) is 5.37. The summed E-state index contributed by atoms with van der Waals surface area (Å²) in [6.07, 6.45) is 3.18. The Morgan fingerprint density at radius 1 is 1.28 bits per heavy atom. The minimum Gasteiger partial charge on any atom is -0.494 e. The van der Waals surface area contributed by atoms with Gasteiger partial charge in [0.2, 0.25) is 5.91 Å². The molecule has 6 nitrogen and oxygen atoms in total. The van der Waals surface area contributed by atoms with Gasteiger partial charge in [0.05, 0.1) is 12.3 Å². The Balaban J connectivity index is 1.61. The maximum Gasteiger partial charge on any atom is 0.262 e. The van der Waals surface area contributed by atoms with Gasteiger partial charge >= 0.3 is 0 Å². The van der Waals surface area contributed by atoms with E-state index in [4.69, 9.17) is 9.47 Å². The molecular formula is C19H18N2O4. The van der Waals surface area contributed by atoms with E-state index in [1.165, 1.54) is 6.08 Å². The van der Waals surface area contributed by atoms with Crippen LogP contribution in [0.1, 0.15) is 12.5 Å². The SMILES string of the molecule is CCOc1ccc(/C=C/C(=O)Nc2ccc3c(c2)OCC(=O)N3)cc1. The van der Waals surface area contributed by atoms with Crippen LogP contribution in [0.15, 0.2) is 48.5 Å². The number of anilines is 2. The third-order valence-electron chi connectivity index (χ3n) is 3.50. The Morgan fingerprint density at radius 3 is 2.84 bits per heavy atom. The van der Waals surface area contributed by atoms with E-state index in [9.17, 15) is 9.59 Å². The van der Waals surface area contributed by atoms with Crippen LogP contribution in [0, 0.1) is 0 Å². The molecule has 0 aromatic heterocycles. The minimum atomic E-state index is -0.256. The van der Waals surface area contributed by atoms with Crippen LogP contribution in [-0.4, -0.2) is 25.0 Å². The Bertz CT molecular complexity index is 813. The quantitative estimate of drug-likeness (QED) is 0.822. The molecule has 3 rings (SSSR count). The van der Waals surface area contributed by atoms with E-state index in [0.29, 0.717) is 23.7 Å². The summed E-state index contributed by atoms with van der Waals surface area (Å²) in [7, 11) is 0. The Hall–Kier alpha value is -3.28. The van der Waals surface area contributed by atoms with Crippen LogP contribution in [0.25, 0.3) is 6.08 Å². The number of carbonyl (C=O) groups is 2. The Labute approximate surface area is 145 Å². The van der Waals surface area contributed by atoms with Gasteiger partial charge in [-0.2, -0.15) is 0 Å². The van der Waals surface area contributed by atoms with E-state index in [1.807, 2.05) is 31.2 Å². The summed E-state index contributed by atoms with van der Waals surface area (Å²) in [6, 6.07) is 12.5. The number of rotatable bonds is 5. The minimum absolute atomic E-state index is 0.0258. The van der Waals surface area contributed by atoms with Gasteiger partial charge in [0.1, 0.15) is 11.5 Å². The molecule has 6 heteroatoms. The number of ether oxygens (including phenoxy) is 2. The molecule has 0 saturated heterocycles. The third-order valence-corrected chi connectivity index (χ3v) is 3.50. The van der Waals surface area contributed by atoms with Crippen LogP contribution in [0.2, 0.25) is 0 Å². The first-order valence-electron chi connectivity index (χ1n) is 7.92. The molecule has 0 unspecified atom stereocenters. The van der Waals surface area contributed by atoms with Crippen molar-refractivity contribution < 1.29 is 19.1 Å². The van der Waals surface area contributed by atoms with E-state index in [-0.39, 0.29) is 18.4 Å². The van der Waals surface area contributed by atoms with Crippen molar-refractivity contribution in [1.82, 2.24) is 0 Å². The molecule has 0 radical (unpaired) electrons. The monoisotopic (exact) mass is 338 g/mol. The highest BCUT2D eigenvalue weighted by Crippen LogP contribution is 2.30. The molecule has 0 atom stereocenters. The summed E-state index contributed by atoms with van der Waals surface area (Å²) < 4.78 is 10.7. The van der Waals surface area contributed by atoms with E-state index in [0.717, 1.165) is 11.3 Å². The highest BCUT2D eigenvalue weighted by Gasteiger charge is 2.16. The van der Waals surface area contributed by atoms with Crippen LogP contribution < -0.4 is 20.1 Å². The summed E-state index contributed by atoms with van der Waals surface area (Å²) in [5.41, 5.74) is 2.09. The second kappa shape index (κ2) is 7.53. The predicted molar refractivity (Wildman–Crippen MR) is 95.8 cm³/mol. The molecule has 1 aliphatic rings. The number of benzene rings is 2. The molecular weight excluding hydrogens is 320 g/mol. The lowest BCUT2D eigenvalue weighted by Gasteiger charge is -2.18. The molecule has 25 heavy (non-hydrogen) atoms. The number of carbonyl (C=O) groups excluding carboxylic acids is 2. The zero-order valence-corrected chi connectivity index (χ0v) is 13.7. The van der Waals surface area contributed by atoms with Gasteiger partial charge in [-0.1, -0.05) is 12.1 Å². The smallest absolute Gasteiger partial charge is 0.262 e. The Morgan fingerprint density at radius 2 is 2.08 bits per heavy atom. The van der Waals surface area contributed by atoms with Crippen LogP contribution in [0.5, 0.6) is 11.5 Å². The fourth-order valence-electron chi connectivity index (χ4n) is 2.35. The van der Waals surface area contributed by atoms with E-state index < -0.39 is 0 Å². The summed E-state index contributed by atoms with van der Waals surface area (Å²) in [5, 5.41) is 5.46. The lowest BCUT2D eigenvalue weighted by molar-refractivity contribution is -0.118. The van der Waals surface area contributed by atoms with Crippen molar-refractivity contribution >= 4 is 29.3 Å². The van der Waals surface area contributed by atoms with Gasteiger partial charge in [0.25, 0.3) is 5.91 Å².